The van der Waals surface area contributed by atoms with Gasteiger partial charge in [0, 0.05) is 19.3 Å². The fraction of sp³-hybridized carbons (Fsp3) is 0.538. The number of halogens is 2. The van der Waals surface area contributed by atoms with Gasteiger partial charge in [-0.15, -0.1) is 0 Å². The van der Waals surface area contributed by atoms with E-state index in [1.54, 1.807) is 11.8 Å². The molecule has 0 bridgehead atoms. The number of aliphatic imine (C=N–C) groups is 1. The standard InChI is InChI=1S/C13H18F2N2O2/c1-4-17(5-2)12-11(15)7-10(14)9(8-16-12)13(18)19-6-3/h7-8,11H,4-6H2,1-3H3. The SMILES string of the molecule is CCOC(=O)C1=CN=C(N(CC)CC)C(F)C=C1F. The molecule has 1 atom stereocenters. The van der Waals surface area contributed by atoms with Gasteiger partial charge in [-0.2, -0.15) is 0 Å². The summed E-state index contributed by atoms with van der Waals surface area (Å²) in [7, 11) is 0. The van der Waals surface area contributed by atoms with E-state index < -0.39 is 18.0 Å². The third kappa shape index (κ3) is 3.62. The van der Waals surface area contributed by atoms with Crippen LogP contribution in [-0.2, 0) is 9.53 Å². The number of nitrogens with zero attached hydrogens (tertiary/aromatic N) is 2. The summed E-state index contributed by atoms with van der Waals surface area (Å²) in [5.41, 5.74) is -0.355. The van der Waals surface area contributed by atoms with Crippen LogP contribution >= 0.6 is 0 Å². The van der Waals surface area contributed by atoms with Crippen molar-refractivity contribution in [3.63, 3.8) is 0 Å². The number of alkyl halides is 1. The maximum Gasteiger partial charge on any atom is 0.342 e. The van der Waals surface area contributed by atoms with Gasteiger partial charge in [-0.25, -0.2) is 18.6 Å². The average molecular weight is 272 g/mol. The number of carbonyl (C=O) groups is 1. The summed E-state index contributed by atoms with van der Waals surface area (Å²) >= 11 is 0. The molecule has 1 heterocycles. The van der Waals surface area contributed by atoms with Crippen molar-refractivity contribution in [1.82, 2.24) is 4.90 Å². The van der Waals surface area contributed by atoms with Crippen molar-refractivity contribution in [3.8, 4) is 0 Å². The minimum Gasteiger partial charge on any atom is -0.462 e. The molecule has 19 heavy (non-hydrogen) atoms. The van der Waals surface area contributed by atoms with Crippen LogP contribution in [0.1, 0.15) is 20.8 Å². The molecule has 6 heteroatoms. The van der Waals surface area contributed by atoms with Crippen LogP contribution < -0.4 is 0 Å². The molecule has 0 N–H and O–H groups in total. The predicted molar refractivity (Wildman–Crippen MR) is 69.2 cm³/mol. The highest BCUT2D eigenvalue weighted by molar-refractivity contribution is 5.96. The van der Waals surface area contributed by atoms with Gasteiger partial charge in [0.1, 0.15) is 17.2 Å². The first-order chi connectivity index (χ1) is 9.04. The number of ether oxygens (including phenoxy) is 1. The molecule has 0 saturated heterocycles. The fourth-order valence-electron chi connectivity index (χ4n) is 1.72. The highest BCUT2D eigenvalue weighted by atomic mass is 19.1. The van der Waals surface area contributed by atoms with Gasteiger partial charge in [-0.3, -0.25) is 0 Å². The van der Waals surface area contributed by atoms with Crippen molar-refractivity contribution < 1.29 is 18.3 Å². The maximum absolute atomic E-state index is 13.9. The van der Waals surface area contributed by atoms with Gasteiger partial charge in [-0.05, 0) is 26.8 Å². The van der Waals surface area contributed by atoms with Gasteiger partial charge in [0.2, 0.25) is 0 Å². The number of amidine groups is 1. The zero-order chi connectivity index (χ0) is 14.4. The monoisotopic (exact) mass is 272 g/mol. The first-order valence-corrected chi connectivity index (χ1v) is 6.26. The summed E-state index contributed by atoms with van der Waals surface area (Å²) in [6.45, 7) is 6.52. The average Bonchev–Trinajstić information content (AvgIpc) is 2.51. The Morgan fingerprint density at radius 3 is 2.58 bits per heavy atom. The smallest absolute Gasteiger partial charge is 0.342 e. The molecule has 0 aromatic rings. The topological polar surface area (TPSA) is 41.9 Å². The molecular weight excluding hydrogens is 254 g/mol. The molecule has 1 rings (SSSR count). The van der Waals surface area contributed by atoms with Gasteiger partial charge in [0.15, 0.2) is 6.17 Å². The summed E-state index contributed by atoms with van der Waals surface area (Å²) in [6, 6.07) is 0. The van der Waals surface area contributed by atoms with E-state index in [0.717, 1.165) is 12.3 Å². The molecule has 0 amide bonds. The van der Waals surface area contributed by atoms with Crippen molar-refractivity contribution in [2.24, 2.45) is 4.99 Å². The second kappa shape index (κ2) is 7.01. The van der Waals surface area contributed by atoms with Gasteiger partial charge in [0.25, 0.3) is 0 Å². The van der Waals surface area contributed by atoms with Crippen molar-refractivity contribution in [2.75, 3.05) is 19.7 Å². The largest absolute Gasteiger partial charge is 0.462 e. The maximum atomic E-state index is 13.9. The molecule has 0 spiro atoms. The number of esters is 1. The second-order valence-corrected chi connectivity index (χ2v) is 3.84. The lowest BCUT2D eigenvalue weighted by Gasteiger charge is -2.23. The summed E-state index contributed by atoms with van der Waals surface area (Å²) in [5.74, 6) is -1.69. The zero-order valence-electron chi connectivity index (χ0n) is 11.3. The van der Waals surface area contributed by atoms with E-state index in [1.165, 1.54) is 0 Å². The highest BCUT2D eigenvalue weighted by Crippen LogP contribution is 2.20. The summed E-state index contributed by atoms with van der Waals surface area (Å²) < 4.78 is 32.4. The Hall–Kier alpha value is -1.72. The van der Waals surface area contributed by atoms with E-state index in [-0.39, 0.29) is 18.0 Å². The number of hydrogen-bond donors (Lipinski definition) is 0. The Bertz CT molecular complexity index is 426. The van der Waals surface area contributed by atoms with Crippen LogP contribution in [0.15, 0.2) is 28.7 Å². The molecule has 0 aromatic carbocycles. The van der Waals surface area contributed by atoms with Gasteiger partial charge in [0.05, 0.1) is 6.61 Å². The molecule has 0 fully saturated rings. The van der Waals surface area contributed by atoms with Crippen LogP contribution in [0, 0.1) is 0 Å². The van der Waals surface area contributed by atoms with Crippen LogP contribution in [0.25, 0.3) is 0 Å². The number of carbonyl (C=O) groups excluding carboxylic acids is 1. The summed E-state index contributed by atoms with van der Waals surface area (Å²) in [5, 5.41) is 0. The molecule has 0 radical (unpaired) electrons. The van der Waals surface area contributed by atoms with E-state index in [2.05, 4.69) is 4.99 Å². The fourth-order valence-corrected chi connectivity index (χ4v) is 1.72. The van der Waals surface area contributed by atoms with Crippen molar-refractivity contribution in [3.05, 3.63) is 23.7 Å². The van der Waals surface area contributed by atoms with Crippen molar-refractivity contribution in [1.29, 1.82) is 0 Å². The molecular formula is C13H18F2N2O2. The summed E-state index contributed by atoms with van der Waals surface area (Å²) in [6.07, 6.45) is 0.0901. The second-order valence-electron chi connectivity index (χ2n) is 3.84. The molecule has 4 nitrogen and oxygen atoms in total. The lowest BCUT2D eigenvalue weighted by atomic mass is 10.2. The van der Waals surface area contributed by atoms with E-state index in [0.29, 0.717) is 13.1 Å². The van der Waals surface area contributed by atoms with Crippen LogP contribution in [0.3, 0.4) is 0 Å². The Labute approximate surface area is 111 Å². The Kier molecular flexibility index (Phi) is 5.66. The first-order valence-electron chi connectivity index (χ1n) is 6.26. The van der Waals surface area contributed by atoms with Crippen LogP contribution in [0.4, 0.5) is 8.78 Å². The predicted octanol–water partition coefficient (Wildman–Crippen LogP) is 2.38. The Morgan fingerprint density at radius 1 is 1.42 bits per heavy atom. The lowest BCUT2D eigenvalue weighted by Crippen LogP contribution is -2.36. The van der Waals surface area contributed by atoms with E-state index in [4.69, 9.17) is 4.74 Å². The molecule has 0 aliphatic carbocycles. The Balaban J connectivity index is 3.09. The molecule has 0 saturated carbocycles. The molecule has 0 aromatic heterocycles. The molecule has 106 valence electrons. The van der Waals surface area contributed by atoms with Gasteiger partial charge in [-0.1, -0.05) is 0 Å². The van der Waals surface area contributed by atoms with Gasteiger partial charge >= 0.3 is 5.97 Å². The third-order valence-electron chi connectivity index (χ3n) is 2.71. The molecule has 1 aliphatic heterocycles. The molecule has 1 unspecified atom stereocenters. The minimum atomic E-state index is -1.68. The zero-order valence-corrected chi connectivity index (χ0v) is 11.3. The highest BCUT2D eigenvalue weighted by Gasteiger charge is 2.25. The Morgan fingerprint density at radius 2 is 2.05 bits per heavy atom. The van der Waals surface area contributed by atoms with Crippen LogP contribution in [-0.4, -0.2) is 42.6 Å². The number of hydrogen-bond acceptors (Lipinski definition) is 4. The lowest BCUT2D eigenvalue weighted by molar-refractivity contribution is -0.138. The quantitative estimate of drug-likeness (QED) is 0.738. The number of rotatable bonds is 4. The first kappa shape index (κ1) is 15.3. The third-order valence-corrected chi connectivity index (χ3v) is 2.71. The minimum absolute atomic E-state index is 0.0967. The molecule has 1 aliphatic rings. The van der Waals surface area contributed by atoms with Gasteiger partial charge < -0.3 is 9.64 Å². The van der Waals surface area contributed by atoms with Crippen LogP contribution in [0.2, 0.25) is 0 Å². The van der Waals surface area contributed by atoms with E-state index in [9.17, 15) is 13.6 Å². The summed E-state index contributed by atoms with van der Waals surface area (Å²) in [4.78, 5) is 17.1. The van der Waals surface area contributed by atoms with Crippen molar-refractivity contribution in [2.45, 2.75) is 26.9 Å². The normalized spacial score (nSPS) is 19.0. The van der Waals surface area contributed by atoms with E-state index >= 15 is 0 Å². The van der Waals surface area contributed by atoms with Crippen molar-refractivity contribution >= 4 is 11.8 Å². The van der Waals surface area contributed by atoms with Crippen LogP contribution in [0.5, 0.6) is 0 Å². The van der Waals surface area contributed by atoms with E-state index in [1.807, 2.05) is 13.8 Å².